The topological polar surface area (TPSA) is 51.7 Å². The summed E-state index contributed by atoms with van der Waals surface area (Å²) in [5, 5.41) is 0. The van der Waals surface area contributed by atoms with Crippen LogP contribution in [0, 0.1) is 12.7 Å². The number of piperidine rings is 1. The number of pyridine rings is 1. The Balaban J connectivity index is 1.51. The van der Waals surface area contributed by atoms with Crippen molar-refractivity contribution in [3.63, 3.8) is 0 Å². The Hall–Kier alpha value is -2.47. The van der Waals surface area contributed by atoms with Gasteiger partial charge in [0.1, 0.15) is 18.0 Å². The van der Waals surface area contributed by atoms with Gasteiger partial charge in [-0.1, -0.05) is 12.1 Å². The van der Waals surface area contributed by atoms with E-state index in [4.69, 9.17) is 9.47 Å². The minimum Gasteiger partial charge on any atom is -0.471 e. The number of aryl methyl sites for hydroxylation is 1. The molecule has 3 atom stereocenters. The third-order valence-corrected chi connectivity index (χ3v) is 5.11. The maximum Gasteiger partial charge on any atom is 0.254 e. The number of aromatic nitrogens is 1. The first kappa shape index (κ1) is 17.0. The first-order valence-corrected chi connectivity index (χ1v) is 8.90. The minimum atomic E-state index is -0.358. The summed E-state index contributed by atoms with van der Waals surface area (Å²) in [4.78, 5) is 18.9. The molecule has 2 fully saturated rings. The molecular formula is C20H21FN2O3. The molecule has 1 amide bonds. The molecule has 6 heteroatoms. The van der Waals surface area contributed by atoms with Crippen LogP contribution < -0.4 is 4.74 Å². The normalized spacial score (nSPS) is 25.0. The van der Waals surface area contributed by atoms with Gasteiger partial charge in [0.25, 0.3) is 5.91 Å². The smallest absolute Gasteiger partial charge is 0.254 e. The van der Waals surface area contributed by atoms with Crippen molar-refractivity contribution >= 4 is 5.91 Å². The third-order valence-electron chi connectivity index (χ3n) is 5.11. The van der Waals surface area contributed by atoms with Gasteiger partial charge in [-0.3, -0.25) is 4.79 Å². The number of ether oxygens (including phenoxy) is 2. The Labute approximate surface area is 151 Å². The van der Waals surface area contributed by atoms with E-state index in [1.165, 1.54) is 6.07 Å². The number of hydrogen-bond acceptors (Lipinski definition) is 4. The molecule has 1 aromatic heterocycles. The Morgan fingerprint density at radius 2 is 2.19 bits per heavy atom. The number of likely N-dealkylation sites (tertiary alicyclic amines) is 1. The number of amides is 1. The van der Waals surface area contributed by atoms with Gasteiger partial charge in [-0.25, -0.2) is 9.37 Å². The van der Waals surface area contributed by atoms with Gasteiger partial charge in [0.15, 0.2) is 0 Å². The van der Waals surface area contributed by atoms with Crippen molar-refractivity contribution in [2.75, 3.05) is 13.2 Å². The molecule has 4 rings (SSSR count). The zero-order valence-corrected chi connectivity index (χ0v) is 14.6. The molecule has 2 aromatic rings. The average Bonchev–Trinajstić information content (AvgIpc) is 3.15. The number of carbonyl (C=O) groups is 1. The molecule has 0 bridgehead atoms. The van der Waals surface area contributed by atoms with E-state index < -0.39 is 0 Å². The highest BCUT2D eigenvalue weighted by Gasteiger charge is 2.45. The molecule has 26 heavy (non-hydrogen) atoms. The van der Waals surface area contributed by atoms with Crippen molar-refractivity contribution in [3.05, 3.63) is 59.5 Å². The van der Waals surface area contributed by atoms with Gasteiger partial charge < -0.3 is 14.4 Å². The first-order valence-electron chi connectivity index (χ1n) is 8.90. The Bertz CT molecular complexity index is 799. The van der Waals surface area contributed by atoms with Gasteiger partial charge in [-0.05, 0) is 37.1 Å². The fourth-order valence-electron chi connectivity index (χ4n) is 3.73. The molecule has 2 aliphatic rings. The van der Waals surface area contributed by atoms with Gasteiger partial charge in [0.05, 0.1) is 6.04 Å². The highest BCUT2D eigenvalue weighted by molar-refractivity contribution is 5.94. The number of nitrogens with zero attached hydrogens (tertiary/aromatic N) is 2. The summed E-state index contributed by atoms with van der Waals surface area (Å²) >= 11 is 0. The average molecular weight is 356 g/mol. The molecule has 2 saturated heterocycles. The Kier molecular flexibility index (Phi) is 4.59. The van der Waals surface area contributed by atoms with Crippen LogP contribution in [-0.2, 0) is 4.74 Å². The number of halogens is 1. The lowest BCUT2D eigenvalue weighted by Gasteiger charge is -2.40. The SMILES string of the molecule is Cc1ccc(C(=O)N2CC[C@@H](Oc3ccccn3)[C@H]3OCC[C@@H]32)cc1F. The van der Waals surface area contributed by atoms with Crippen LogP contribution in [0.2, 0.25) is 0 Å². The summed E-state index contributed by atoms with van der Waals surface area (Å²) in [6.45, 7) is 2.82. The van der Waals surface area contributed by atoms with Crippen LogP contribution in [-0.4, -0.2) is 47.2 Å². The van der Waals surface area contributed by atoms with Crippen LogP contribution in [0.3, 0.4) is 0 Å². The van der Waals surface area contributed by atoms with Crippen LogP contribution in [0.5, 0.6) is 5.88 Å². The van der Waals surface area contributed by atoms with E-state index in [9.17, 15) is 9.18 Å². The second-order valence-electron chi connectivity index (χ2n) is 6.77. The second-order valence-corrected chi connectivity index (χ2v) is 6.77. The molecule has 0 unspecified atom stereocenters. The van der Waals surface area contributed by atoms with Crippen LogP contribution in [0.1, 0.15) is 28.8 Å². The Morgan fingerprint density at radius 3 is 2.96 bits per heavy atom. The van der Waals surface area contributed by atoms with Gasteiger partial charge in [0, 0.05) is 37.4 Å². The van der Waals surface area contributed by atoms with Gasteiger partial charge in [-0.2, -0.15) is 0 Å². The van der Waals surface area contributed by atoms with E-state index in [2.05, 4.69) is 4.98 Å². The molecular weight excluding hydrogens is 335 g/mol. The van der Waals surface area contributed by atoms with Crippen molar-refractivity contribution in [2.24, 2.45) is 0 Å². The van der Waals surface area contributed by atoms with E-state index in [0.29, 0.717) is 36.6 Å². The largest absolute Gasteiger partial charge is 0.471 e. The van der Waals surface area contributed by atoms with Crippen molar-refractivity contribution in [1.82, 2.24) is 9.88 Å². The first-order chi connectivity index (χ1) is 12.6. The van der Waals surface area contributed by atoms with Crippen LogP contribution >= 0.6 is 0 Å². The number of carbonyl (C=O) groups excluding carboxylic acids is 1. The summed E-state index contributed by atoms with van der Waals surface area (Å²) in [5.41, 5.74) is 0.911. The zero-order chi connectivity index (χ0) is 18.1. The van der Waals surface area contributed by atoms with E-state index in [0.717, 1.165) is 6.42 Å². The lowest BCUT2D eigenvalue weighted by Crippen LogP contribution is -2.56. The standard InChI is InChI=1S/C20H21FN2O3/c1-13-5-6-14(12-15(13)21)20(24)23-10-7-17(19-16(23)8-11-25-19)26-18-4-2-3-9-22-18/h2-6,9,12,16-17,19H,7-8,10-11H2,1H3/t16-,17+,19-/m0/s1. The maximum atomic E-state index is 13.9. The number of fused-ring (bicyclic) bond motifs is 1. The number of rotatable bonds is 3. The van der Waals surface area contributed by atoms with Crippen molar-refractivity contribution in [1.29, 1.82) is 0 Å². The van der Waals surface area contributed by atoms with Crippen molar-refractivity contribution < 1.29 is 18.7 Å². The molecule has 0 aliphatic carbocycles. The van der Waals surface area contributed by atoms with E-state index in [-0.39, 0.29) is 30.0 Å². The quantitative estimate of drug-likeness (QED) is 0.848. The fraction of sp³-hybridized carbons (Fsp3) is 0.400. The molecule has 0 N–H and O–H groups in total. The highest BCUT2D eigenvalue weighted by atomic mass is 19.1. The summed E-state index contributed by atoms with van der Waals surface area (Å²) < 4.78 is 25.7. The molecule has 1 aromatic carbocycles. The van der Waals surface area contributed by atoms with Crippen LogP contribution in [0.15, 0.2) is 42.6 Å². The van der Waals surface area contributed by atoms with Crippen LogP contribution in [0.4, 0.5) is 4.39 Å². The number of hydrogen-bond donors (Lipinski definition) is 0. The Morgan fingerprint density at radius 1 is 1.31 bits per heavy atom. The van der Waals surface area contributed by atoms with Crippen molar-refractivity contribution in [2.45, 2.75) is 38.0 Å². The minimum absolute atomic E-state index is 0.0608. The van der Waals surface area contributed by atoms with E-state index >= 15 is 0 Å². The molecule has 0 spiro atoms. The lowest BCUT2D eigenvalue weighted by molar-refractivity contribution is -0.0476. The summed E-state index contributed by atoms with van der Waals surface area (Å²) in [6, 6.07) is 10.1. The zero-order valence-electron chi connectivity index (χ0n) is 14.6. The van der Waals surface area contributed by atoms with E-state index in [1.54, 1.807) is 30.2 Å². The summed E-state index contributed by atoms with van der Waals surface area (Å²) in [7, 11) is 0. The third kappa shape index (κ3) is 3.17. The van der Waals surface area contributed by atoms with Gasteiger partial charge in [-0.15, -0.1) is 0 Å². The predicted molar refractivity (Wildman–Crippen MR) is 93.6 cm³/mol. The predicted octanol–water partition coefficient (Wildman–Crippen LogP) is 2.98. The number of benzene rings is 1. The fourth-order valence-corrected chi connectivity index (χ4v) is 3.73. The van der Waals surface area contributed by atoms with Gasteiger partial charge in [0.2, 0.25) is 5.88 Å². The monoisotopic (exact) mass is 356 g/mol. The summed E-state index contributed by atoms with van der Waals surface area (Å²) in [5.74, 6) is 0.0521. The molecule has 5 nitrogen and oxygen atoms in total. The molecule has 2 aliphatic heterocycles. The molecule has 3 heterocycles. The van der Waals surface area contributed by atoms with E-state index in [1.807, 2.05) is 18.2 Å². The lowest BCUT2D eigenvalue weighted by atomic mass is 9.94. The van der Waals surface area contributed by atoms with Crippen molar-refractivity contribution in [3.8, 4) is 5.88 Å². The van der Waals surface area contributed by atoms with Gasteiger partial charge >= 0.3 is 0 Å². The summed E-state index contributed by atoms with van der Waals surface area (Å²) in [6.07, 6.45) is 2.76. The second kappa shape index (κ2) is 7.03. The molecule has 136 valence electrons. The maximum absolute atomic E-state index is 13.9. The highest BCUT2D eigenvalue weighted by Crippen LogP contribution is 2.32. The molecule has 0 saturated carbocycles. The van der Waals surface area contributed by atoms with Crippen LogP contribution in [0.25, 0.3) is 0 Å². The molecule has 0 radical (unpaired) electrons.